The second kappa shape index (κ2) is 11.4. The third-order valence-electron chi connectivity index (χ3n) is 7.05. The minimum atomic E-state index is -6.98. The molecule has 2 aliphatic rings. The van der Waals surface area contributed by atoms with Gasteiger partial charge >= 0.3 is 23.3 Å². The smallest absolute Gasteiger partial charge is 0.460 e. The molecule has 4 rings (SSSR count). The zero-order valence-corrected chi connectivity index (χ0v) is 23.7. The SMILES string of the molecule is CC(C)(C)Oc1ccc2c(c1)CCC(C1=CCCC=C1)C2c1ccc(OSC(F)(F)C(F)(F)C(F)(F)C(F)(F)F)cc1. The maximum absolute atomic E-state index is 13.9. The Hall–Kier alpha value is -2.76. The molecule has 0 bridgehead atoms. The number of hydrogen-bond donors (Lipinski definition) is 0. The molecule has 230 valence electrons. The number of hydrogen-bond acceptors (Lipinski definition) is 3. The van der Waals surface area contributed by atoms with E-state index in [9.17, 15) is 39.5 Å². The van der Waals surface area contributed by atoms with E-state index in [4.69, 9.17) is 4.74 Å². The molecule has 0 N–H and O–H groups in total. The van der Waals surface area contributed by atoms with Crippen LogP contribution in [0.5, 0.6) is 11.5 Å². The van der Waals surface area contributed by atoms with E-state index in [-0.39, 0.29) is 11.8 Å². The average Bonchev–Trinajstić information content (AvgIpc) is 2.90. The van der Waals surface area contributed by atoms with Gasteiger partial charge in [0.25, 0.3) is 0 Å². The van der Waals surface area contributed by atoms with E-state index in [0.29, 0.717) is 5.75 Å². The van der Waals surface area contributed by atoms with Gasteiger partial charge in [0.05, 0.1) is 0 Å². The molecule has 2 aromatic carbocycles. The number of ether oxygens (including phenoxy) is 1. The maximum atomic E-state index is 13.9. The van der Waals surface area contributed by atoms with E-state index in [0.717, 1.165) is 47.9 Å². The fraction of sp³-hybridized carbons (Fsp3) is 0.467. The Labute approximate surface area is 242 Å². The number of rotatable bonds is 8. The minimum absolute atomic E-state index is 0.0669. The summed E-state index contributed by atoms with van der Waals surface area (Å²) in [6, 6.07) is 11.3. The van der Waals surface area contributed by atoms with Gasteiger partial charge in [-0.15, -0.1) is 0 Å². The molecule has 0 aliphatic heterocycles. The summed E-state index contributed by atoms with van der Waals surface area (Å²) in [7, 11) is 0. The molecule has 0 aromatic heterocycles. The van der Waals surface area contributed by atoms with Gasteiger partial charge in [-0.1, -0.05) is 36.4 Å². The van der Waals surface area contributed by atoms with Crippen molar-refractivity contribution in [2.24, 2.45) is 5.92 Å². The molecular weight excluding hydrogens is 595 g/mol. The molecule has 0 fully saturated rings. The Morgan fingerprint density at radius 3 is 2.00 bits per heavy atom. The van der Waals surface area contributed by atoms with Crippen molar-refractivity contribution < 1.29 is 48.4 Å². The van der Waals surface area contributed by atoms with Crippen LogP contribution in [0, 0.1) is 5.92 Å². The predicted octanol–water partition coefficient (Wildman–Crippen LogP) is 10.3. The van der Waals surface area contributed by atoms with Crippen molar-refractivity contribution in [1.82, 2.24) is 0 Å². The Bertz CT molecular complexity index is 1330. The molecule has 2 aromatic rings. The summed E-state index contributed by atoms with van der Waals surface area (Å²) in [6.45, 7) is 5.82. The van der Waals surface area contributed by atoms with Gasteiger partial charge in [0.2, 0.25) is 0 Å². The molecule has 2 aliphatic carbocycles. The fourth-order valence-electron chi connectivity index (χ4n) is 5.14. The maximum Gasteiger partial charge on any atom is 0.460 e. The van der Waals surface area contributed by atoms with Gasteiger partial charge in [0, 0.05) is 5.92 Å². The molecule has 42 heavy (non-hydrogen) atoms. The highest BCUT2D eigenvalue weighted by Crippen LogP contribution is 2.57. The van der Waals surface area contributed by atoms with Crippen molar-refractivity contribution in [3.05, 3.63) is 83.0 Å². The molecular formula is C30H29F9O2S. The first-order valence-corrected chi connectivity index (χ1v) is 13.9. The summed E-state index contributed by atoms with van der Waals surface area (Å²) in [5.41, 5.74) is 3.59. The number of halogens is 9. The van der Waals surface area contributed by atoms with Crippen molar-refractivity contribution in [2.75, 3.05) is 0 Å². The van der Waals surface area contributed by atoms with Crippen molar-refractivity contribution in [2.45, 2.75) is 81.2 Å². The van der Waals surface area contributed by atoms with Crippen LogP contribution in [0.15, 0.2) is 66.3 Å². The number of alkyl halides is 9. The van der Waals surface area contributed by atoms with Gasteiger partial charge in [-0.2, -0.15) is 39.5 Å². The first-order chi connectivity index (χ1) is 19.3. The van der Waals surface area contributed by atoms with E-state index in [1.54, 1.807) is 0 Å². The lowest BCUT2D eigenvalue weighted by molar-refractivity contribution is -0.381. The Balaban J connectivity index is 1.60. The Morgan fingerprint density at radius 2 is 1.43 bits per heavy atom. The molecule has 2 unspecified atom stereocenters. The van der Waals surface area contributed by atoms with Crippen molar-refractivity contribution in [1.29, 1.82) is 0 Å². The number of benzene rings is 2. The van der Waals surface area contributed by atoms with Crippen LogP contribution in [-0.4, -0.2) is 28.9 Å². The Kier molecular flexibility index (Phi) is 8.72. The van der Waals surface area contributed by atoms with Crippen LogP contribution in [0.2, 0.25) is 0 Å². The second-order valence-corrected chi connectivity index (χ2v) is 12.1. The average molecular weight is 625 g/mol. The molecule has 2 atom stereocenters. The highest BCUT2D eigenvalue weighted by atomic mass is 32.2. The lowest BCUT2D eigenvalue weighted by Crippen LogP contribution is -2.59. The first kappa shape index (κ1) is 32.2. The summed E-state index contributed by atoms with van der Waals surface area (Å²) < 4.78 is 129. The highest BCUT2D eigenvalue weighted by molar-refractivity contribution is 7.96. The quantitative estimate of drug-likeness (QED) is 0.215. The lowest BCUT2D eigenvalue weighted by Gasteiger charge is -2.36. The van der Waals surface area contributed by atoms with E-state index < -0.39 is 46.7 Å². The van der Waals surface area contributed by atoms with Gasteiger partial charge in [0.1, 0.15) is 29.1 Å². The zero-order chi connectivity index (χ0) is 31.1. The van der Waals surface area contributed by atoms with E-state index in [2.05, 4.69) is 22.4 Å². The largest absolute Gasteiger partial charge is 0.488 e. The normalized spacial score (nSPS) is 20.1. The number of allylic oxidation sites excluding steroid dienone is 4. The summed E-state index contributed by atoms with van der Waals surface area (Å²) >= 11 is -1.45. The van der Waals surface area contributed by atoms with Crippen LogP contribution < -0.4 is 8.92 Å². The first-order valence-electron chi connectivity index (χ1n) is 13.2. The van der Waals surface area contributed by atoms with Gasteiger partial charge in [-0.25, -0.2) is 0 Å². The van der Waals surface area contributed by atoms with Gasteiger partial charge < -0.3 is 8.92 Å². The topological polar surface area (TPSA) is 18.5 Å². The summed E-state index contributed by atoms with van der Waals surface area (Å²) in [4.78, 5) is 0. The molecule has 0 amide bonds. The molecule has 2 nitrogen and oxygen atoms in total. The third-order valence-corrected chi connectivity index (χ3v) is 7.79. The number of aryl methyl sites for hydroxylation is 1. The van der Waals surface area contributed by atoms with E-state index >= 15 is 0 Å². The molecule has 12 heteroatoms. The minimum Gasteiger partial charge on any atom is -0.488 e. The standard InChI is InChI=1S/C30H29F9O2S/c1-26(2,3)40-22-14-16-24-20(17-22)11-15-23(18-7-5-4-6-8-18)25(24)19-9-12-21(13-10-19)41-42-30(38,39)28(33,34)27(31,32)29(35,36)37/h5,7-10,12-14,16-17,23,25H,4,6,11,15H2,1-3H3. The van der Waals surface area contributed by atoms with E-state index in [1.165, 1.54) is 24.3 Å². The van der Waals surface area contributed by atoms with Gasteiger partial charge in [-0.3, -0.25) is 0 Å². The monoisotopic (exact) mass is 624 g/mol. The third kappa shape index (κ3) is 6.43. The van der Waals surface area contributed by atoms with E-state index in [1.807, 2.05) is 39.0 Å². The summed E-state index contributed by atoms with van der Waals surface area (Å²) in [5, 5.41) is -5.90. The van der Waals surface area contributed by atoms with Crippen molar-refractivity contribution in [3.8, 4) is 11.5 Å². The van der Waals surface area contributed by atoms with Gasteiger partial charge in [-0.05, 0) is 98.9 Å². The molecule has 0 heterocycles. The van der Waals surface area contributed by atoms with Crippen LogP contribution in [0.3, 0.4) is 0 Å². The number of fused-ring (bicyclic) bond motifs is 1. The van der Waals surface area contributed by atoms with Crippen molar-refractivity contribution >= 4 is 12.0 Å². The van der Waals surface area contributed by atoms with Gasteiger partial charge in [0.15, 0.2) is 0 Å². The fourth-order valence-corrected chi connectivity index (χ4v) is 5.68. The van der Waals surface area contributed by atoms with Crippen molar-refractivity contribution in [3.63, 3.8) is 0 Å². The predicted molar refractivity (Wildman–Crippen MR) is 142 cm³/mol. The summed E-state index contributed by atoms with van der Waals surface area (Å²) in [6.07, 6.45) is 2.85. The van der Waals surface area contributed by atoms with Crippen LogP contribution in [-0.2, 0) is 6.42 Å². The molecule has 0 spiro atoms. The Morgan fingerprint density at radius 1 is 0.786 bits per heavy atom. The summed E-state index contributed by atoms with van der Waals surface area (Å²) in [5.74, 6) is -13.6. The van der Waals surface area contributed by atoms with Crippen LogP contribution in [0.4, 0.5) is 39.5 Å². The van der Waals surface area contributed by atoms with Crippen LogP contribution in [0.1, 0.15) is 62.6 Å². The lowest BCUT2D eigenvalue weighted by atomic mass is 9.68. The second-order valence-electron chi connectivity index (χ2n) is 11.3. The highest BCUT2D eigenvalue weighted by Gasteiger charge is 2.82. The molecule has 0 radical (unpaired) electrons. The van der Waals surface area contributed by atoms with Crippen LogP contribution >= 0.6 is 12.0 Å². The zero-order valence-electron chi connectivity index (χ0n) is 22.9. The molecule has 0 saturated carbocycles. The van der Waals surface area contributed by atoms with Crippen LogP contribution in [0.25, 0.3) is 0 Å². The molecule has 0 saturated heterocycles.